The number of fused-ring (bicyclic) bond motifs is 2. The number of nitrogens with zero attached hydrogens (tertiary/aromatic N) is 2. The molecule has 0 spiro atoms. The molecule has 3 heteroatoms. The van der Waals surface area contributed by atoms with Crippen LogP contribution in [0, 0.1) is 0 Å². The number of benzene rings is 3. The molecule has 0 unspecified atom stereocenters. The average Bonchev–Trinajstić information content (AvgIpc) is 3.07. The Kier molecular flexibility index (Phi) is 3.39. The summed E-state index contributed by atoms with van der Waals surface area (Å²) in [6.45, 7) is 2.14. The Morgan fingerprint density at radius 1 is 0.885 bits per heavy atom. The van der Waals surface area contributed by atoms with Crippen LogP contribution in [0.4, 0.5) is 0 Å². The monoisotopic (exact) mass is 338 g/mol. The molecule has 0 radical (unpaired) electrons. The molecule has 0 amide bonds. The molecule has 3 nitrogen and oxygen atoms in total. The molecule has 0 aliphatic carbocycles. The summed E-state index contributed by atoms with van der Waals surface area (Å²) in [5.74, 6) is 2.80. The minimum Gasteiger partial charge on any atom is -0.453 e. The highest BCUT2D eigenvalue weighted by molar-refractivity contribution is 5.87. The number of para-hydroxylation sites is 1. The van der Waals surface area contributed by atoms with Crippen molar-refractivity contribution in [2.24, 2.45) is 0 Å². The van der Waals surface area contributed by atoms with Crippen molar-refractivity contribution < 1.29 is 4.74 Å². The van der Waals surface area contributed by atoms with Crippen LogP contribution in [0.5, 0.6) is 11.5 Å². The van der Waals surface area contributed by atoms with Gasteiger partial charge >= 0.3 is 0 Å². The number of hydrogen-bond donors (Lipinski definition) is 0. The van der Waals surface area contributed by atoms with E-state index in [1.807, 2.05) is 36.4 Å². The van der Waals surface area contributed by atoms with Crippen LogP contribution < -0.4 is 4.74 Å². The van der Waals surface area contributed by atoms with Crippen molar-refractivity contribution in [1.29, 1.82) is 0 Å². The maximum atomic E-state index is 6.21. The van der Waals surface area contributed by atoms with Gasteiger partial charge in [0.15, 0.2) is 11.5 Å². The van der Waals surface area contributed by atoms with Gasteiger partial charge in [-0.3, -0.25) is 4.57 Å². The quantitative estimate of drug-likeness (QED) is 0.385. The minimum atomic E-state index is 0.867. The lowest BCUT2D eigenvalue weighted by Gasteiger charge is -2.21. The van der Waals surface area contributed by atoms with Crippen LogP contribution in [-0.4, -0.2) is 9.55 Å². The molecule has 5 rings (SSSR count). The maximum absolute atomic E-state index is 6.21. The number of aromatic nitrogens is 2. The molecular formula is C23H18N2O. The Morgan fingerprint density at radius 2 is 1.73 bits per heavy atom. The van der Waals surface area contributed by atoms with E-state index in [1.165, 1.54) is 5.56 Å². The molecule has 0 saturated carbocycles. The zero-order valence-corrected chi connectivity index (χ0v) is 14.5. The lowest BCUT2D eigenvalue weighted by atomic mass is 10.1. The van der Waals surface area contributed by atoms with Crippen LogP contribution in [0.25, 0.3) is 28.9 Å². The summed E-state index contributed by atoms with van der Waals surface area (Å²) in [4.78, 5) is 4.77. The maximum Gasteiger partial charge on any atom is 0.153 e. The van der Waals surface area contributed by atoms with Gasteiger partial charge in [-0.15, -0.1) is 0 Å². The summed E-state index contributed by atoms with van der Waals surface area (Å²) in [6, 6.07) is 22.7. The van der Waals surface area contributed by atoms with Crippen molar-refractivity contribution >= 4 is 23.2 Å². The van der Waals surface area contributed by atoms with Crippen molar-refractivity contribution in [3.05, 3.63) is 83.7 Å². The van der Waals surface area contributed by atoms with E-state index in [4.69, 9.17) is 9.72 Å². The van der Waals surface area contributed by atoms with Crippen LogP contribution >= 0.6 is 0 Å². The topological polar surface area (TPSA) is 27.1 Å². The number of ether oxygens (including phenoxy) is 1. The molecule has 4 aromatic rings. The lowest BCUT2D eigenvalue weighted by molar-refractivity contribution is 0.474. The first-order valence-electron chi connectivity index (χ1n) is 8.89. The van der Waals surface area contributed by atoms with Crippen molar-refractivity contribution in [2.75, 3.05) is 0 Å². The number of aryl methyl sites for hydroxylation is 1. The molecule has 1 aliphatic heterocycles. The Labute approximate surface area is 152 Å². The number of hydrogen-bond acceptors (Lipinski definition) is 2. The minimum absolute atomic E-state index is 0.867. The van der Waals surface area contributed by atoms with E-state index < -0.39 is 0 Å². The van der Waals surface area contributed by atoms with Crippen molar-refractivity contribution in [3.8, 4) is 17.2 Å². The molecule has 1 aromatic heterocycles. The van der Waals surface area contributed by atoms with Crippen LogP contribution in [0.2, 0.25) is 0 Å². The van der Waals surface area contributed by atoms with Crippen molar-refractivity contribution in [1.82, 2.24) is 9.55 Å². The van der Waals surface area contributed by atoms with E-state index in [1.54, 1.807) is 0 Å². The van der Waals surface area contributed by atoms with Gasteiger partial charge in [0.25, 0.3) is 0 Å². The summed E-state index contributed by atoms with van der Waals surface area (Å²) in [6.07, 6.45) is 5.11. The molecule has 0 saturated heterocycles. The number of rotatable bonds is 3. The van der Waals surface area contributed by atoms with Crippen molar-refractivity contribution in [3.63, 3.8) is 0 Å². The normalized spacial score (nSPS) is 12.3. The zero-order valence-electron chi connectivity index (χ0n) is 14.5. The molecule has 2 heterocycles. The molecule has 0 fully saturated rings. The Hall–Kier alpha value is -3.33. The van der Waals surface area contributed by atoms with Crippen LogP contribution in [0.1, 0.15) is 23.9 Å². The third kappa shape index (κ3) is 2.32. The fourth-order valence-corrected chi connectivity index (χ4v) is 3.50. The second-order valence-electron chi connectivity index (χ2n) is 6.41. The summed E-state index contributed by atoms with van der Waals surface area (Å²) >= 11 is 0. The Morgan fingerprint density at radius 3 is 2.58 bits per heavy atom. The van der Waals surface area contributed by atoms with Gasteiger partial charge in [0.1, 0.15) is 11.3 Å². The van der Waals surface area contributed by atoms with Crippen LogP contribution in [0.3, 0.4) is 0 Å². The fourth-order valence-electron chi connectivity index (χ4n) is 3.50. The third-order valence-corrected chi connectivity index (χ3v) is 4.74. The van der Waals surface area contributed by atoms with E-state index in [2.05, 4.69) is 54.0 Å². The summed E-state index contributed by atoms with van der Waals surface area (Å²) in [5, 5.41) is 0. The molecular weight excluding hydrogens is 320 g/mol. The molecule has 0 atom stereocenters. The van der Waals surface area contributed by atoms with E-state index in [0.717, 1.165) is 46.0 Å². The highest BCUT2D eigenvalue weighted by atomic mass is 16.5. The van der Waals surface area contributed by atoms with E-state index in [9.17, 15) is 0 Å². The largest absolute Gasteiger partial charge is 0.453 e. The van der Waals surface area contributed by atoms with Gasteiger partial charge in [0.05, 0.1) is 11.2 Å². The van der Waals surface area contributed by atoms with Crippen LogP contribution in [0.15, 0.2) is 66.7 Å². The molecule has 1 aliphatic rings. The SMILES string of the molecule is CCc1nc2cccc3c2n1-c1ccc(/C=C/c2ccccc2)cc1O3. The van der Waals surface area contributed by atoms with Gasteiger partial charge in [0.2, 0.25) is 0 Å². The van der Waals surface area contributed by atoms with Gasteiger partial charge in [-0.2, -0.15) is 0 Å². The predicted octanol–water partition coefficient (Wildman–Crippen LogP) is 5.86. The first kappa shape index (κ1) is 15.0. The second-order valence-corrected chi connectivity index (χ2v) is 6.41. The smallest absolute Gasteiger partial charge is 0.153 e. The molecule has 126 valence electrons. The zero-order chi connectivity index (χ0) is 17.5. The molecule has 0 bridgehead atoms. The highest BCUT2D eigenvalue weighted by Gasteiger charge is 2.23. The Balaban J connectivity index is 1.61. The predicted molar refractivity (Wildman–Crippen MR) is 106 cm³/mol. The van der Waals surface area contributed by atoms with E-state index >= 15 is 0 Å². The van der Waals surface area contributed by atoms with Crippen LogP contribution in [-0.2, 0) is 6.42 Å². The molecule has 26 heavy (non-hydrogen) atoms. The first-order valence-corrected chi connectivity index (χ1v) is 8.89. The average molecular weight is 338 g/mol. The van der Waals surface area contributed by atoms with E-state index in [-0.39, 0.29) is 0 Å². The second kappa shape index (κ2) is 5.88. The van der Waals surface area contributed by atoms with E-state index in [0.29, 0.717) is 0 Å². The highest BCUT2D eigenvalue weighted by Crippen LogP contribution is 2.41. The first-order chi connectivity index (χ1) is 12.8. The Bertz CT molecular complexity index is 1140. The van der Waals surface area contributed by atoms with Crippen molar-refractivity contribution in [2.45, 2.75) is 13.3 Å². The number of imidazole rings is 1. The third-order valence-electron chi connectivity index (χ3n) is 4.74. The van der Waals surface area contributed by atoms with Gasteiger partial charge < -0.3 is 4.74 Å². The van der Waals surface area contributed by atoms with Gasteiger partial charge in [0, 0.05) is 6.42 Å². The fraction of sp³-hybridized carbons (Fsp3) is 0.0870. The standard InChI is InChI=1S/C23H18N2O/c1-2-22-24-18-9-6-10-20-23(18)25(22)19-14-13-17(15-21(19)26-20)12-11-16-7-4-3-5-8-16/h3-15H,2H2,1H3/b12-11+. The van der Waals surface area contributed by atoms with Gasteiger partial charge in [-0.05, 0) is 35.4 Å². The molecule has 0 N–H and O–H groups in total. The summed E-state index contributed by atoms with van der Waals surface area (Å²) in [5.41, 5.74) is 5.39. The molecule has 3 aromatic carbocycles. The summed E-state index contributed by atoms with van der Waals surface area (Å²) in [7, 11) is 0. The van der Waals surface area contributed by atoms with Gasteiger partial charge in [-0.25, -0.2) is 4.98 Å². The van der Waals surface area contributed by atoms with Gasteiger partial charge in [-0.1, -0.05) is 61.5 Å². The lowest BCUT2D eigenvalue weighted by Crippen LogP contribution is -2.07. The summed E-state index contributed by atoms with van der Waals surface area (Å²) < 4.78 is 8.44.